The molecule has 0 fully saturated rings. The quantitative estimate of drug-likeness (QED) is 0.487. The Morgan fingerprint density at radius 1 is 1.42 bits per heavy atom. The summed E-state index contributed by atoms with van der Waals surface area (Å²) in [6.07, 6.45) is 0.684. The summed E-state index contributed by atoms with van der Waals surface area (Å²) >= 11 is 4.54. The molecule has 0 saturated heterocycles. The maximum Gasteiger partial charge on any atom is 0.178 e. The summed E-state index contributed by atoms with van der Waals surface area (Å²) in [5.74, 6) is -0.546. The number of aromatic nitrogens is 1. The first-order chi connectivity index (χ1) is 8.97. The third-order valence-corrected chi connectivity index (χ3v) is 4.86. The van der Waals surface area contributed by atoms with Crippen molar-refractivity contribution < 1.29 is 14.0 Å². The van der Waals surface area contributed by atoms with Crippen LogP contribution in [0.2, 0.25) is 0 Å². The minimum Gasteiger partial charge on any atom is -0.301 e. The van der Waals surface area contributed by atoms with Crippen molar-refractivity contribution in [2.75, 3.05) is 0 Å². The minimum absolute atomic E-state index is 0.164. The van der Waals surface area contributed by atoms with Crippen molar-refractivity contribution in [1.29, 1.82) is 0 Å². The number of carbonyl (C=O) groups is 2. The smallest absolute Gasteiger partial charge is 0.178 e. The van der Waals surface area contributed by atoms with Crippen LogP contribution in [0.15, 0.2) is 29.6 Å². The molecule has 0 saturated carbocycles. The summed E-state index contributed by atoms with van der Waals surface area (Å²) < 4.78 is 11.8. The summed E-state index contributed by atoms with van der Waals surface area (Å²) in [6.45, 7) is 1.41. The highest BCUT2D eigenvalue weighted by atomic mass is 79.9. The van der Waals surface area contributed by atoms with E-state index in [0.717, 1.165) is 0 Å². The van der Waals surface area contributed by atoms with E-state index in [0.29, 0.717) is 22.6 Å². The number of ketones is 1. The van der Waals surface area contributed by atoms with E-state index in [9.17, 15) is 14.0 Å². The van der Waals surface area contributed by atoms with E-state index in [4.69, 9.17) is 0 Å². The zero-order valence-corrected chi connectivity index (χ0v) is 12.3. The normalized spacial score (nSPS) is 13.8. The zero-order chi connectivity index (χ0) is 14.0. The number of nitrogens with zero attached hydrogens (tertiary/aromatic N) is 1. The zero-order valence-electron chi connectivity index (χ0n) is 9.89. The molecule has 6 heteroatoms. The van der Waals surface area contributed by atoms with Gasteiger partial charge in [-0.1, -0.05) is 28.1 Å². The first kappa shape index (κ1) is 14.0. The monoisotopic (exact) mass is 341 g/mol. The summed E-state index contributed by atoms with van der Waals surface area (Å²) in [5, 5.41) is 2.04. The molecule has 1 aromatic carbocycles. The van der Waals surface area contributed by atoms with Crippen LogP contribution in [0.25, 0.3) is 0 Å². The molecular weight excluding hydrogens is 333 g/mol. The molecule has 0 aliphatic rings. The number of hydrogen-bond acceptors (Lipinski definition) is 4. The highest BCUT2D eigenvalue weighted by molar-refractivity contribution is 9.10. The van der Waals surface area contributed by atoms with Crippen LogP contribution in [-0.4, -0.2) is 17.1 Å². The van der Waals surface area contributed by atoms with Crippen molar-refractivity contribution in [1.82, 2.24) is 4.98 Å². The fourth-order valence-electron chi connectivity index (χ4n) is 1.54. The van der Waals surface area contributed by atoms with Gasteiger partial charge in [-0.05, 0) is 17.7 Å². The van der Waals surface area contributed by atoms with Crippen LogP contribution < -0.4 is 0 Å². The van der Waals surface area contributed by atoms with E-state index in [1.165, 1.54) is 42.5 Å². The average Bonchev–Trinajstić information content (AvgIpc) is 2.89. The first-order valence-corrected chi connectivity index (χ1v) is 7.03. The molecule has 0 spiro atoms. The summed E-state index contributed by atoms with van der Waals surface area (Å²) in [6, 6.07) is 5.56. The Hall–Kier alpha value is -1.40. The molecule has 0 radical (unpaired) electrons. The van der Waals surface area contributed by atoms with Gasteiger partial charge in [0.05, 0.1) is 0 Å². The predicted molar refractivity (Wildman–Crippen MR) is 74.3 cm³/mol. The van der Waals surface area contributed by atoms with E-state index in [-0.39, 0.29) is 11.6 Å². The van der Waals surface area contributed by atoms with E-state index < -0.39 is 4.32 Å². The maximum atomic E-state index is 12.9. The summed E-state index contributed by atoms with van der Waals surface area (Å²) in [7, 11) is 0. The Labute approximate surface area is 121 Å². The fraction of sp³-hybridized carbons (Fsp3) is 0.154. The number of aldehydes is 1. The van der Waals surface area contributed by atoms with E-state index in [1.54, 1.807) is 5.38 Å². The van der Waals surface area contributed by atoms with Gasteiger partial charge >= 0.3 is 0 Å². The number of halogens is 2. The van der Waals surface area contributed by atoms with E-state index in [2.05, 4.69) is 20.9 Å². The number of benzene rings is 1. The van der Waals surface area contributed by atoms with Crippen molar-refractivity contribution in [3.8, 4) is 0 Å². The number of rotatable bonds is 4. The second kappa shape index (κ2) is 5.30. The SMILES string of the molecule is CC(=O)c1csc(C(Br)(C=O)c2ccc(F)cc2)n1. The Morgan fingerprint density at radius 2 is 2.05 bits per heavy atom. The standard InChI is InChI=1S/C13H9BrFNO2S/c1-8(18)11-6-19-12(16-11)13(14,7-17)9-2-4-10(15)5-3-9/h2-7H,1H3. The van der Waals surface area contributed by atoms with E-state index >= 15 is 0 Å². The van der Waals surface area contributed by atoms with Crippen LogP contribution in [0.1, 0.15) is 28.0 Å². The lowest BCUT2D eigenvalue weighted by Crippen LogP contribution is -2.21. The predicted octanol–water partition coefficient (Wildman–Crippen LogP) is 3.32. The van der Waals surface area contributed by atoms with Crippen molar-refractivity contribution in [2.45, 2.75) is 11.2 Å². The van der Waals surface area contributed by atoms with Gasteiger partial charge in [0.2, 0.25) is 0 Å². The number of thiazole rings is 1. The van der Waals surface area contributed by atoms with Gasteiger partial charge < -0.3 is 4.79 Å². The van der Waals surface area contributed by atoms with Crippen molar-refractivity contribution in [3.05, 3.63) is 51.7 Å². The third-order valence-electron chi connectivity index (χ3n) is 2.60. The van der Waals surface area contributed by atoms with Crippen LogP contribution in [0.4, 0.5) is 4.39 Å². The van der Waals surface area contributed by atoms with Gasteiger partial charge in [0, 0.05) is 12.3 Å². The molecule has 3 nitrogen and oxygen atoms in total. The molecule has 1 heterocycles. The second-order valence-corrected chi connectivity index (χ2v) is 6.04. The fourth-order valence-corrected chi connectivity index (χ4v) is 3.10. The van der Waals surface area contributed by atoms with Crippen LogP contribution >= 0.6 is 27.3 Å². The number of Topliss-reactive ketones (excluding diaryl/α,β-unsaturated/α-hetero) is 1. The van der Waals surface area contributed by atoms with Crippen LogP contribution in [-0.2, 0) is 9.12 Å². The summed E-state index contributed by atoms with van der Waals surface area (Å²) in [5.41, 5.74) is 0.876. The lowest BCUT2D eigenvalue weighted by molar-refractivity contribution is -0.109. The van der Waals surface area contributed by atoms with Crippen molar-refractivity contribution >= 4 is 39.3 Å². The highest BCUT2D eigenvalue weighted by Gasteiger charge is 2.34. The number of carbonyl (C=O) groups excluding carboxylic acids is 2. The molecule has 1 unspecified atom stereocenters. The lowest BCUT2D eigenvalue weighted by atomic mass is 10.0. The Morgan fingerprint density at radius 3 is 2.53 bits per heavy atom. The molecule has 1 aromatic heterocycles. The lowest BCUT2D eigenvalue weighted by Gasteiger charge is -2.18. The molecule has 2 rings (SSSR count). The minimum atomic E-state index is -1.15. The number of hydrogen-bond donors (Lipinski definition) is 0. The van der Waals surface area contributed by atoms with Gasteiger partial charge in [0.25, 0.3) is 0 Å². The molecular formula is C13H9BrFNO2S. The van der Waals surface area contributed by atoms with Gasteiger partial charge in [-0.3, -0.25) is 4.79 Å². The molecule has 0 bridgehead atoms. The molecule has 98 valence electrons. The molecule has 19 heavy (non-hydrogen) atoms. The summed E-state index contributed by atoms with van der Waals surface area (Å²) in [4.78, 5) is 26.8. The topological polar surface area (TPSA) is 47.0 Å². The Bertz CT molecular complexity index is 626. The average molecular weight is 342 g/mol. The van der Waals surface area contributed by atoms with Crippen LogP contribution in [0, 0.1) is 5.82 Å². The molecule has 2 aromatic rings. The molecule has 0 aliphatic heterocycles. The van der Waals surface area contributed by atoms with Crippen molar-refractivity contribution in [2.24, 2.45) is 0 Å². The highest BCUT2D eigenvalue weighted by Crippen LogP contribution is 2.38. The molecule has 0 N–H and O–H groups in total. The van der Waals surface area contributed by atoms with E-state index in [1.807, 2.05) is 0 Å². The van der Waals surface area contributed by atoms with Crippen LogP contribution in [0.3, 0.4) is 0 Å². The van der Waals surface area contributed by atoms with Gasteiger partial charge in [0.15, 0.2) is 10.1 Å². The molecule has 0 aliphatic carbocycles. The Kier molecular flexibility index (Phi) is 3.91. The largest absolute Gasteiger partial charge is 0.301 e. The van der Waals surface area contributed by atoms with Crippen LogP contribution in [0.5, 0.6) is 0 Å². The molecule has 0 amide bonds. The van der Waals surface area contributed by atoms with Crippen molar-refractivity contribution in [3.63, 3.8) is 0 Å². The molecule has 1 atom stereocenters. The maximum absolute atomic E-state index is 12.9. The number of alkyl halides is 1. The first-order valence-electron chi connectivity index (χ1n) is 5.35. The van der Waals surface area contributed by atoms with Gasteiger partial charge in [-0.15, -0.1) is 11.3 Å². The second-order valence-electron chi connectivity index (χ2n) is 3.93. The van der Waals surface area contributed by atoms with Gasteiger partial charge in [-0.25, -0.2) is 9.37 Å². The van der Waals surface area contributed by atoms with Gasteiger partial charge in [-0.2, -0.15) is 0 Å². The van der Waals surface area contributed by atoms with Gasteiger partial charge in [0.1, 0.15) is 22.8 Å². The Balaban J connectivity index is 2.49. The third kappa shape index (κ3) is 2.64.